The number of rotatable bonds is 5. The number of aliphatic hydroxyl groups is 1. The van der Waals surface area contributed by atoms with Gasteiger partial charge < -0.3 is 15.7 Å². The largest absolute Gasteiger partial charge is 0.387 e. The summed E-state index contributed by atoms with van der Waals surface area (Å²) in [5, 5.41) is 19.5. The quantitative estimate of drug-likeness (QED) is 0.720. The molecule has 1 aromatic carbocycles. The molecule has 7 heteroatoms. The molecule has 0 fully saturated rings. The number of carbonyl (C=O) groups is 1. The maximum Gasteiger partial charge on any atom is 0.319 e. The van der Waals surface area contributed by atoms with E-state index in [0.29, 0.717) is 10.7 Å². The number of thioether (sulfide) groups is 1. The van der Waals surface area contributed by atoms with Crippen molar-refractivity contribution in [2.24, 2.45) is 0 Å². The van der Waals surface area contributed by atoms with Crippen LogP contribution in [-0.2, 0) is 0 Å². The van der Waals surface area contributed by atoms with Gasteiger partial charge in [-0.3, -0.25) is 0 Å². The highest BCUT2D eigenvalue weighted by Crippen LogP contribution is 2.27. The summed E-state index contributed by atoms with van der Waals surface area (Å²) in [6.07, 6.45) is 1.23. The average Bonchev–Trinajstić information content (AvgIpc) is 2.99. The van der Waals surface area contributed by atoms with Gasteiger partial charge in [0.2, 0.25) is 0 Å². The summed E-state index contributed by atoms with van der Waals surface area (Å²) in [6.45, 7) is 0.152. The van der Waals surface area contributed by atoms with Gasteiger partial charge in [0.05, 0.1) is 11.1 Å². The minimum Gasteiger partial charge on any atom is -0.387 e. The molecule has 112 valence electrons. The Bertz CT molecular complexity index is 605. The zero-order valence-electron chi connectivity index (χ0n) is 11.3. The number of thiophene rings is 1. The van der Waals surface area contributed by atoms with Crippen molar-refractivity contribution >= 4 is 46.4 Å². The Kier molecular flexibility index (Phi) is 5.93. The van der Waals surface area contributed by atoms with E-state index >= 15 is 0 Å². The molecular formula is C14H15ClN2O2S2. The van der Waals surface area contributed by atoms with E-state index in [1.54, 1.807) is 23.9 Å². The number of carbonyl (C=O) groups excluding carboxylic acids is 1. The smallest absolute Gasteiger partial charge is 0.319 e. The van der Waals surface area contributed by atoms with Crippen LogP contribution < -0.4 is 10.6 Å². The lowest BCUT2D eigenvalue weighted by Crippen LogP contribution is -2.32. The highest BCUT2D eigenvalue weighted by Gasteiger charge is 2.10. The Hall–Kier alpha value is -1.21. The Morgan fingerprint density at radius 1 is 1.48 bits per heavy atom. The van der Waals surface area contributed by atoms with E-state index in [1.165, 1.54) is 11.3 Å². The van der Waals surface area contributed by atoms with E-state index in [9.17, 15) is 9.90 Å². The summed E-state index contributed by atoms with van der Waals surface area (Å²) < 4.78 is 0. The molecule has 1 atom stereocenters. The summed E-state index contributed by atoms with van der Waals surface area (Å²) in [5.41, 5.74) is 1.41. The number of urea groups is 1. The Morgan fingerprint density at radius 2 is 2.29 bits per heavy atom. The van der Waals surface area contributed by atoms with Crippen molar-refractivity contribution in [2.45, 2.75) is 11.0 Å². The van der Waals surface area contributed by atoms with Gasteiger partial charge >= 0.3 is 6.03 Å². The van der Waals surface area contributed by atoms with E-state index in [0.717, 1.165) is 10.5 Å². The fraction of sp³-hybridized carbons (Fsp3) is 0.214. The zero-order chi connectivity index (χ0) is 15.2. The molecule has 0 spiro atoms. The van der Waals surface area contributed by atoms with Crippen molar-refractivity contribution in [3.05, 3.63) is 45.6 Å². The second kappa shape index (κ2) is 7.70. The summed E-state index contributed by atoms with van der Waals surface area (Å²) in [6, 6.07) is 6.78. The molecule has 0 radical (unpaired) electrons. The molecular weight excluding hydrogens is 328 g/mol. The lowest BCUT2D eigenvalue weighted by molar-refractivity contribution is 0.175. The molecule has 4 nitrogen and oxygen atoms in total. The summed E-state index contributed by atoms with van der Waals surface area (Å²) in [5.74, 6) is 0. The van der Waals surface area contributed by atoms with Crippen LogP contribution in [0.2, 0.25) is 5.02 Å². The molecule has 2 amide bonds. The van der Waals surface area contributed by atoms with Crippen LogP contribution in [-0.4, -0.2) is 23.9 Å². The predicted octanol–water partition coefficient (Wildman–Crippen LogP) is 3.98. The molecule has 0 saturated carbocycles. The topological polar surface area (TPSA) is 61.4 Å². The van der Waals surface area contributed by atoms with Gasteiger partial charge in [0, 0.05) is 17.1 Å². The van der Waals surface area contributed by atoms with Gasteiger partial charge in [-0.1, -0.05) is 11.6 Å². The first-order chi connectivity index (χ1) is 10.1. The Morgan fingerprint density at radius 3 is 2.90 bits per heavy atom. The molecule has 21 heavy (non-hydrogen) atoms. The molecule has 0 aliphatic heterocycles. The molecule has 0 bridgehead atoms. The van der Waals surface area contributed by atoms with Crippen molar-refractivity contribution in [3.63, 3.8) is 0 Å². The predicted molar refractivity (Wildman–Crippen MR) is 89.5 cm³/mol. The number of amides is 2. The fourth-order valence-corrected chi connectivity index (χ4v) is 3.27. The van der Waals surface area contributed by atoms with Crippen LogP contribution in [0.1, 0.15) is 11.7 Å². The van der Waals surface area contributed by atoms with Crippen LogP contribution in [0.4, 0.5) is 10.5 Å². The first kappa shape index (κ1) is 16.2. The highest BCUT2D eigenvalue weighted by atomic mass is 35.5. The number of benzene rings is 1. The van der Waals surface area contributed by atoms with E-state index in [2.05, 4.69) is 10.6 Å². The first-order valence-corrected chi connectivity index (χ1v) is 8.73. The highest BCUT2D eigenvalue weighted by molar-refractivity contribution is 7.98. The molecule has 1 heterocycles. The minimum atomic E-state index is -0.704. The molecule has 0 aliphatic rings. The fourth-order valence-electron chi connectivity index (χ4n) is 1.69. The van der Waals surface area contributed by atoms with Crippen molar-refractivity contribution < 1.29 is 9.90 Å². The van der Waals surface area contributed by atoms with Crippen molar-refractivity contribution in [1.29, 1.82) is 0 Å². The molecule has 2 aromatic rings. The van der Waals surface area contributed by atoms with Crippen LogP contribution in [0.25, 0.3) is 0 Å². The monoisotopic (exact) mass is 342 g/mol. The number of hydrogen-bond donors (Lipinski definition) is 3. The maximum atomic E-state index is 11.8. The summed E-state index contributed by atoms with van der Waals surface area (Å²) in [4.78, 5) is 12.7. The molecule has 1 unspecified atom stereocenters. The van der Waals surface area contributed by atoms with Gasteiger partial charge in [0.1, 0.15) is 0 Å². The van der Waals surface area contributed by atoms with Crippen LogP contribution in [0, 0.1) is 0 Å². The third-order valence-electron chi connectivity index (χ3n) is 2.79. The van der Waals surface area contributed by atoms with Crippen LogP contribution in [0.5, 0.6) is 0 Å². The number of hydrogen-bond acceptors (Lipinski definition) is 4. The average molecular weight is 343 g/mol. The van der Waals surface area contributed by atoms with Gasteiger partial charge in [-0.05, 0) is 46.8 Å². The number of halogens is 1. The van der Waals surface area contributed by atoms with Crippen LogP contribution in [0.15, 0.2) is 39.9 Å². The lowest BCUT2D eigenvalue weighted by Gasteiger charge is -2.12. The van der Waals surface area contributed by atoms with Crippen LogP contribution in [0.3, 0.4) is 0 Å². The third-order valence-corrected chi connectivity index (χ3v) is 4.72. The van der Waals surface area contributed by atoms with Gasteiger partial charge in [-0.15, -0.1) is 11.8 Å². The molecule has 2 rings (SSSR count). The summed E-state index contributed by atoms with van der Waals surface area (Å²) >= 11 is 9.12. The zero-order valence-corrected chi connectivity index (χ0v) is 13.7. The lowest BCUT2D eigenvalue weighted by atomic mass is 10.2. The molecule has 3 N–H and O–H groups in total. The van der Waals surface area contributed by atoms with E-state index in [1.807, 2.05) is 29.1 Å². The van der Waals surface area contributed by atoms with Gasteiger partial charge in [-0.25, -0.2) is 4.79 Å². The second-order valence-corrected chi connectivity index (χ2v) is 6.29. The van der Waals surface area contributed by atoms with Gasteiger partial charge in [0.25, 0.3) is 0 Å². The third kappa shape index (κ3) is 4.64. The first-order valence-electron chi connectivity index (χ1n) is 6.18. The number of nitrogens with one attached hydrogen (secondary N) is 2. The Labute approximate surface area is 136 Å². The maximum absolute atomic E-state index is 11.8. The van der Waals surface area contributed by atoms with Crippen molar-refractivity contribution in [2.75, 3.05) is 18.1 Å². The number of aliphatic hydroxyl groups excluding tert-OH is 1. The molecule has 1 aromatic heterocycles. The Balaban J connectivity index is 1.86. The molecule has 0 aliphatic carbocycles. The van der Waals surface area contributed by atoms with E-state index < -0.39 is 6.10 Å². The normalized spacial score (nSPS) is 12.0. The van der Waals surface area contributed by atoms with Crippen molar-refractivity contribution in [3.8, 4) is 0 Å². The SMILES string of the molecule is CSc1ccc(NC(=O)NCC(O)c2ccsc2)cc1Cl. The van der Waals surface area contributed by atoms with Gasteiger partial charge in [0.15, 0.2) is 0 Å². The second-order valence-electron chi connectivity index (χ2n) is 4.26. The van der Waals surface area contributed by atoms with E-state index in [4.69, 9.17) is 11.6 Å². The number of anilines is 1. The molecule has 0 saturated heterocycles. The van der Waals surface area contributed by atoms with E-state index in [-0.39, 0.29) is 12.6 Å². The van der Waals surface area contributed by atoms with Gasteiger partial charge in [-0.2, -0.15) is 11.3 Å². The minimum absolute atomic E-state index is 0.152. The van der Waals surface area contributed by atoms with Crippen LogP contribution >= 0.6 is 34.7 Å². The standard InChI is InChI=1S/C14H15ClN2O2S2/c1-20-13-3-2-10(6-11(13)15)17-14(19)16-7-12(18)9-4-5-21-8-9/h2-6,8,12,18H,7H2,1H3,(H2,16,17,19). The van der Waals surface area contributed by atoms with Crippen molar-refractivity contribution in [1.82, 2.24) is 5.32 Å². The summed E-state index contributed by atoms with van der Waals surface area (Å²) in [7, 11) is 0.